The van der Waals surface area contributed by atoms with Gasteiger partial charge in [-0.3, -0.25) is 4.79 Å². The Bertz CT molecular complexity index is 590. The number of aryl methyl sites for hydroxylation is 1. The van der Waals surface area contributed by atoms with E-state index >= 15 is 0 Å². The van der Waals surface area contributed by atoms with Gasteiger partial charge in [0.1, 0.15) is 10.6 Å². The fourth-order valence-corrected chi connectivity index (χ4v) is 2.94. The summed E-state index contributed by atoms with van der Waals surface area (Å²) in [6, 6.07) is 1.75. The normalized spacial score (nSPS) is 10.2. The maximum absolute atomic E-state index is 11.8. The largest absolute Gasteiger partial charge is 0.462 e. The van der Waals surface area contributed by atoms with Crippen LogP contribution in [0.5, 0.6) is 0 Å². The second-order valence-electron chi connectivity index (χ2n) is 3.67. The van der Waals surface area contributed by atoms with E-state index in [0.717, 1.165) is 5.56 Å². The number of ether oxygens (including phenoxy) is 1. The number of nitrogens with one attached hydrogen (secondary N) is 1. The van der Waals surface area contributed by atoms with Gasteiger partial charge in [0, 0.05) is 5.38 Å². The lowest BCUT2D eigenvalue weighted by atomic mass is 10.3. The molecule has 0 saturated heterocycles. The number of aromatic nitrogens is 1. The molecule has 0 aromatic carbocycles. The summed E-state index contributed by atoms with van der Waals surface area (Å²) < 4.78 is 4.95. The van der Waals surface area contributed by atoms with Crippen LogP contribution in [0, 0.1) is 6.92 Å². The minimum atomic E-state index is -0.362. The monoisotopic (exact) mass is 296 g/mol. The van der Waals surface area contributed by atoms with Gasteiger partial charge in [0.15, 0.2) is 0 Å². The van der Waals surface area contributed by atoms with Crippen LogP contribution in [0.4, 0.5) is 5.00 Å². The summed E-state index contributed by atoms with van der Waals surface area (Å²) in [5.74, 6) is -0.642. The van der Waals surface area contributed by atoms with Gasteiger partial charge in [0.05, 0.1) is 17.1 Å². The Morgan fingerprint density at radius 3 is 2.89 bits per heavy atom. The number of thiophene rings is 1. The van der Waals surface area contributed by atoms with Crippen molar-refractivity contribution < 1.29 is 14.3 Å². The zero-order valence-corrected chi connectivity index (χ0v) is 12.1. The van der Waals surface area contributed by atoms with Crippen molar-refractivity contribution in [2.24, 2.45) is 0 Å². The molecule has 0 atom stereocenters. The van der Waals surface area contributed by atoms with Crippen molar-refractivity contribution in [3.8, 4) is 0 Å². The Morgan fingerprint density at radius 2 is 2.26 bits per heavy atom. The average molecular weight is 296 g/mol. The van der Waals surface area contributed by atoms with Crippen LogP contribution in [0.15, 0.2) is 17.0 Å². The van der Waals surface area contributed by atoms with Gasteiger partial charge in [-0.2, -0.15) is 0 Å². The first-order valence-electron chi connectivity index (χ1n) is 5.59. The van der Waals surface area contributed by atoms with E-state index in [-0.39, 0.29) is 11.9 Å². The third-order valence-electron chi connectivity index (χ3n) is 2.28. The molecule has 7 heteroatoms. The van der Waals surface area contributed by atoms with E-state index < -0.39 is 0 Å². The van der Waals surface area contributed by atoms with Gasteiger partial charge < -0.3 is 10.1 Å². The Kier molecular flexibility index (Phi) is 4.28. The van der Waals surface area contributed by atoms with Crippen LogP contribution in [0.25, 0.3) is 0 Å². The molecule has 0 saturated carbocycles. The maximum Gasteiger partial charge on any atom is 0.348 e. The van der Waals surface area contributed by atoms with Crippen LogP contribution in [0.2, 0.25) is 0 Å². The summed E-state index contributed by atoms with van der Waals surface area (Å²) in [5.41, 5.74) is 2.75. The number of thiazole rings is 1. The first kappa shape index (κ1) is 13.7. The number of carbonyl (C=O) groups is 2. The summed E-state index contributed by atoms with van der Waals surface area (Å²) in [7, 11) is 0. The molecule has 0 aliphatic carbocycles. The van der Waals surface area contributed by atoms with Gasteiger partial charge in [-0.05, 0) is 25.5 Å². The van der Waals surface area contributed by atoms with Crippen molar-refractivity contribution in [2.75, 3.05) is 11.9 Å². The minimum absolute atomic E-state index is 0.280. The molecule has 2 aromatic rings. The van der Waals surface area contributed by atoms with Crippen LogP contribution in [-0.2, 0) is 4.74 Å². The molecule has 1 amide bonds. The number of hydrogen-bond donors (Lipinski definition) is 1. The average Bonchev–Trinajstić information content (AvgIpc) is 2.99. The van der Waals surface area contributed by atoms with E-state index in [1.807, 2.05) is 0 Å². The van der Waals surface area contributed by atoms with Crippen LogP contribution in [-0.4, -0.2) is 23.5 Å². The standard InChI is InChI=1S/C12H12N2O3S2/c1-3-17-12(16)10-7(2)4-9(19-10)14-11(15)8-5-18-6-13-8/h4-6H,3H2,1-2H3,(H,14,15). The predicted octanol–water partition coefficient (Wildman–Crippen LogP) is 2.94. The summed E-state index contributed by atoms with van der Waals surface area (Å²) in [5, 5.41) is 5.00. The van der Waals surface area contributed by atoms with Gasteiger partial charge in [0.2, 0.25) is 0 Å². The van der Waals surface area contributed by atoms with E-state index in [4.69, 9.17) is 4.74 Å². The molecule has 2 aromatic heterocycles. The molecule has 0 aliphatic rings. The lowest BCUT2D eigenvalue weighted by Gasteiger charge is -1.99. The number of nitrogens with zero attached hydrogens (tertiary/aromatic N) is 1. The highest BCUT2D eigenvalue weighted by Crippen LogP contribution is 2.27. The van der Waals surface area contributed by atoms with E-state index in [1.165, 1.54) is 22.7 Å². The molecule has 0 spiro atoms. The van der Waals surface area contributed by atoms with Crippen molar-refractivity contribution in [1.82, 2.24) is 4.98 Å². The quantitative estimate of drug-likeness (QED) is 0.881. The molecule has 0 radical (unpaired) electrons. The highest BCUT2D eigenvalue weighted by molar-refractivity contribution is 7.18. The van der Waals surface area contributed by atoms with Crippen molar-refractivity contribution in [2.45, 2.75) is 13.8 Å². The number of esters is 1. The topological polar surface area (TPSA) is 68.3 Å². The maximum atomic E-state index is 11.8. The molecular weight excluding hydrogens is 284 g/mol. The third-order valence-corrected chi connectivity index (χ3v) is 4.00. The molecule has 0 fully saturated rings. The molecule has 19 heavy (non-hydrogen) atoms. The molecule has 1 N–H and O–H groups in total. The first-order chi connectivity index (χ1) is 9.11. The van der Waals surface area contributed by atoms with Crippen molar-refractivity contribution in [3.05, 3.63) is 33.1 Å². The van der Waals surface area contributed by atoms with E-state index in [9.17, 15) is 9.59 Å². The van der Waals surface area contributed by atoms with Crippen LogP contribution < -0.4 is 5.32 Å². The number of rotatable bonds is 4. The van der Waals surface area contributed by atoms with E-state index in [0.29, 0.717) is 22.2 Å². The molecule has 2 rings (SSSR count). The lowest BCUT2D eigenvalue weighted by Crippen LogP contribution is -2.10. The summed E-state index contributed by atoms with van der Waals surface area (Å²) >= 11 is 2.56. The van der Waals surface area contributed by atoms with Crippen molar-refractivity contribution in [1.29, 1.82) is 0 Å². The Labute approximate surface area is 118 Å². The number of anilines is 1. The van der Waals surface area contributed by atoms with Crippen LogP contribution in [0.3, 0.4) is 0 Å². The molecule has 2 heterocycles. The van der Waals surface area contributed by atoms with Gasteiger partial charge in [-0.25, -0.2) is 9.78 Å². The summed E-state index contributed by atoms with van der Waals surface area (Å²) in [6.45, 7) is 3.89. The first-order valence-corrected chi connectivity index (χ1v) is 7.34. The Morgan fingerprint density at radius 1 is 1.47 bits per heavy atom. The molecule has 100 valence electrons. The lowest BCUT2D eigenvalue weighted by molar-refractivity contribution is 0.0531. The SMILES string of the molecule is CCOC(=O)c1sc(NC(=O)c2cscn2)cc1C. The molecule has 0 aliphatic heterocycles. The second-order valence-corrected chi connectivity index (χ2v) is 5.44. The fraction of sp³-hybridized carbons (Fsp3) is 0.250. The number of amides is 1. The molecule has 0 unspecified atom stereocenters. The van der Waals surface area contributed by atoms with Gasteiger partial charge in [-0.1, -0.05) is 0 Å². The summed E-state index contributed by atoms with van der Waals surface area (Å²) in [6.07, 6.45) is 0. The van der Waals surface area contributed by atoms with Crippen LogP contribution in [0.1, 0.15) is 32.6 Å². The fourth-order valence-electron chi connectivity index (χ4n) is 1.44. The molecule has 5 nitrogen and oxygen atoms in total. The minimum Gasteiger partial charge on any atom is -0.462 e. The number of carbonyl (C=O) groups excluding carboxylic acids is 2. The Hall–Kier alpha value is -1.73. The van der Waals surface area contributed by atoms with Crippen molar-refractivity contribution >= 4 is 39.6 Å². The predicted molar refractivity (Wildman–Crippen MR) is 75.1 cm³/mol. The van der Waals surface area contributed by atoms with Crippen molar-refractivity contribution in [3.63, 3.8) is 0 Å². The Balaban J connectivity index is 2.12. The van der Waals surface area contributed by atoms with Gasteiger partial charge in [-0.15, -0.1) is 22.7 Å². The molecule has 0 bridgehead atoms. The third kappa shape index (κ3) is 3.18. The van der Waals surface area contributed by atoms with E-state index in [1.54, 1.807) is 30.8 Å². The van der Waals surface area contributed by atoms with Gasteiger partial charge >= 0.3 is 5.97 Å². The zero-order valence-electron chi connectivity index (χ0n) is 10.4. The highest BCUT2D eigenvalue weighted by Gasteiger charge is 2.16. The smallest absolute Gasteiger partial charge is 0.348 e. The summed E-state index contributed by atoms with van der Waals surface area (Å²) in [4.78, 5) is 27.9. The van der Waals surface area contributed by atoms with Gasteiger partial charge in [0.25, 0.3) is 5.91 Å². The zero-order chi connectivity index (χ0) is 13.8. The second kappa shape index (κ2) is 5.94. The molecular formula is C12H12N2O3S2. The number of hydrogen-bond acceptors (Lipinski definition) is 6. The van der Waals surface area contributed by atoms with Crippen LogP contribution >= 0.6 is 22.7 Å². The van der Waals surface area contributed by atoms with E-state index in [2.05, 4.69) is 10.3 Å². The highest BCUT2D eigenvalue weighted by atomic mass is 32.1.